The molecule has 0 bridgehead atoms. The second-order valence-corrected chi connectivity index (χ2v) is 6.71. The van der Waals surface area contributed by atoms with Crippen LogP contribution < -0.4 is 11.3 Å². The number of hydrogen-bond donors (Lipinski definition) is 1. The Kier molecular flexibility index (Phi) is 4.57. The third-order valence-corrected chi connectivity index (χ3v) is 4.70. The van der Waals surface area contributed by atoms with Crippen molar-refractivity contribution in [3.63, 3.8) is 0 Å². The molecule has 25 heavy (non-hydrogen) atoms. The van der Waals surface area contributed by atoms with Crippen LogP contribution in [-0.2, 0) is 4.79 Å². The van der Waals surface area contributed by atoms with Gasteiger partial charge in [0, 0.05) is 24.4 Å². The average molecular weight is 342 g/mol. The van der Waals surface area contributed by atoms with Crippen LogP contribution in [0.3, 0.4) is 0 Å². The first-order valence-corrected chi connectivity index (χ1v) is 8.50. The summed E-state index contributed by atoms with van der Waals surface area (Å²) in [5.41, 5.74) is 5.43. The fourth-order valence-corrected chi connectivity index (χ4v) is 3.23. The molecule has 2 N–H and O–H groups in total. The monoisotopic (exact) mass is 342 g/mol. The summed E-state index contributed by atoms with van der Waals surface area (Å²) in [5.74, 6) is -0.712. The van der Waals surface area contributed by atoms with Gasteiger partial charge in [0.1, 0.15) is 0 Å². The maximum atomic E-state index is 13.0. The molecule has 0 radical (unpaired) electrons. The Morgan fingerprint density at radius 3 is 2.32 bits per heavy atom. The minimum Gasteiger partial charge on any atom is -0.369 e. The largest absolute Gasteiger partial charge is 0.369 e. The van der Waals surface area contributed by atoms with Crippen molar-refractivity contribution in [2.45, 2.75) is 32.7 Å². The number of amides is 2. The van der Waals surface area contributed by atoms with Crippen LogP contribution in [0.2, 0.25) is 0 Å². The lowest BCUT2D eigenvalue weighted by Crippen LogP contribution is -2.42. The molecule has 7 heteroatoms. The molecule has 1 aromatic heterocycles. The third-order valence-electron chi connectivity index (χ3n) is 4.70. The molecule has 3 rings (SSSR count). The molecular weight excluding hydrogens is 320 g/mol. The Bertz CT molecular complexity index is 880. The van der Waals surface area contributed by atoms with Crippen molar-refractivity contribution >= 4 is 22.6 Å². The van der Waals surface area contributed by atoms with Gasteiger partial charge in [0.15, 0.2) is 5.69 Å². The van der Waals surface area contributed by atoms with E-state index in [0.29, 0.717) is 36.7 Å². The number of nitrogens with two attached hydrogens (primary N) is 1. The van der Waals surface area contributed by atoms with Gasteiger partial charge in [-0.3, -0.25) is 14.4 Å². The van der Waals surface area contributed by atoms with Gasteiger partial charge in [-0.25, -0.2) is 4.68 Å². The van der Waals surface area contributed by atoms with Crippen molar-refractivity contribution in [3.05, 3.63) is 40.3 Å². The molecule has 1 aliphatic rings. The summed E-state index contributed by atoms with van der Waals surface area (Å²) in [6.45, 7) is 4.64. The molecular formula is C18H22N4O3. The van der Waals surface area contributed by atoms with Crippen LogP contribution in [0.5, 0.6) is 0 Å². The molecule has 0 aliphatic carbocycles. The summed E-state index contributed by atoms with van der Waals surface area (Å²) in [6, 6.07) is 6.89. The van der Waals surface area contributed by atoms with E-state index in [1.807, 2.05) is 13.8 Å². The van der Waals surface area contributed by atoms with E-state index in [-0.39, 0.29) is 35.0 Å². The average Bonchev–Trinajstić information content (AvgIpc) is 2.61. The number of piperidine rings is 1. The molecule has 1 fully saturated rings. The predicted octanol–water partition coefficient (Wildman–Crippen LogP) is 1.31. The number of primary amides is 1. The van der Waals surface area contributed by atoms with Crippen molar-refractivity contribution in [1.82, 2.24) is 14.7 Å². The number of fused-ring (bicyclic) bond motifs is 1. The Morgan fingerprint density at radius 1 is 1.16 bits per heavy atom. The number of rotatable bonds is 3. The molecule has 0 atom stereocenters. The van der Waals surface area contributed by atoms with Crippen LogP contribution in [0.15, 0.2) is 29.1 Å². The molecule has 2 aromatic rings. The summed E-state index contributed by atoms with van der Waals surface area (Å²) in [6.07, 6.45) is 1.12. The molecule has 2 heterocycles. The Balaban J connectivity index is 2.01. The Hall–Kier alpha value is -2.70. The van der Waals surface area contributed by atoms with Crippen LogP contribution in [-0.4, -0.2) is 39.6 Å². The molecule has 1 aromatic carbocycles. The quantitative estimate of drug-likeness (QED) is 0.909. The third kappa shape index (κ3) is 3.14. The summed E-state index contributed by atoms with van der Waals surface area (Å²) >= 11 is 0. The maximum absolute atomic E-state index is 13.0. The molecule has 7 nitrogen and oxygen atoms in total. The lowest BCUT2D eigenvalue weighted by Gasteiger charge is -2.30. The molecule has 0 spiro atoms. The van der Waals surface area contributed by atoms with Crippen LogP contribution >= 0.6 is 0 Å². The number of carbonyl (C=O) groups excluding carboxylic acids is 2. The lowest BCUT2D eigenvalue weighted by atomic mass is 9.96. The van der Waals surface area contributed by atoms with Gasteiger partial charge in [-0.1, -0.05) is 18.2 Å². The van der Waals surface area contributed by atoms with E-state index in [2.05, 4.69) is 5.10 Å². The molecule has 0 saturated carbocycles. The van der Waals surface area contributed by atoms with Gasteiger partial charge in [-0.15, -0.1) is 0 Å². The summed E-state index contributed by atoms with van der Waals surface area (Å²) in [5, 5.41) is 5.40. The van der Waals surface area contributed by atoms with Crippen LogP contribution in [0, 0.1) is 5.92 Å². The predicted molar refractivity (Wildman–Crippen MR) is 94.2 cm³/mol. The zero-order chi connectivity index (χ0) is 18.1. The zero-order valence-corrected chi connectivity index (χ0v) is 14.4. The van der Waals surface area contributed by atoms with E-state index in [1.54, 1.807) is 29.2 Å². The Labute approximate surface area is 145 Å². The normalized spacial score (nSPS) is 15.7. The van der Waals surface area contributed by atoms with Gasteiger partial charge in [0.2, 0.25) is 5.91 Å². The van der Waals surface area contributed by atoms with Crippen LogP contribution in [0.4, 0.5) is 0 Å². The highest BCUT2D eigenvalue weighted by Crippen LogP contribution is 2.21. The first-order valence-electron chi connectivity index (χ1n) is 8.50. The van der Waals surface area contributed by atoms with E-state index < -0.39 is 0 Å². The topological polar surface area (TPSA) is 98.3 Å². The number of carbonyl (C=O) groups is 2. The summed E-state index contributed by atoms with van der Waals surface area (Å²) < 4.78 is 1.35. The van der Waals surface area contributed by atoms with Crippen molar-refractivity contribution in [1.29, 1.82) is 0 Å². The molecule has 132 valence electrons. The second kappa shape index (κ2) is 6.66. The smallest absolute Gasteiger partial charge is 0.274 e. The summed E-state index contributed by atoms with van der Waals surface area (Å²) in [7, 11) is 0. The van der Waals surface area contributed by atoms with Gasteiger partial charge in [-0.2, -0.15) is 5.10 Å². The highest BCUT2D eigenvalue weighted by molar-refractivity contribution is 6.04. The van der Waals surface area contributed by atoms with E-state index in [0.717, 1.165) is 0 Å². The number of nitrogens with zero attached hydrogens (tertiary/aromatic N) is 3. The number of likely N-dealkylation sites (tertiary alicyclic amines) is 1. The van der Waals surface area contributed by atoms with E-state index >= 15 is 0 Å². The highest BCUT2D eigenvalue weighted by Gasteiger charge is 2.28. The molecule has 0 unspecified atom stereocenters. The number of hydrogen-bond acceptors (Lipinski definition) is 4. The van der Waals surface area contributed by atoms with Gasteiger partial charge in [0.25, 0.3) is 11.5 Å². The highest BCUT2D eigenvalue weighted by atomic mass is 16.2. The zero-order valence-electron chi connectivity index (χ0n) is 14.4. The molecule has 1 saturated heterocycles. The van der Waals surface area contributed by atoms with Crippen molar-refractivity contribution in [2.75, 3.05) is 13.1 Å². The Morgan fingerprint density at radius 2 is 1.76 bits per heavy atom. The van der Waals surface area contributed by atoms with Gasteiger partial charge >= 0.3 is 0 Å². The van der Waals surface area contributed by atoms with Crippen LogP contribution in [0.25, 0.3) is 10.8 Å². The minimum absolute atomic E-state index is 0.149. The van der Waals surface area contributed by atoms with E-state index in [4.69, 9.17) is 5.73 Å². The number of benzene rings is 1. The van der Waals surface area contributed by atoms with Gasteiger partial charge in [0.05, 0.1) is 11.4 Å². The first kappa shape index (κ1) is 17.1. The van der Waals surface area contributed by atoms with Crippen molar-refractivity contribution < 1.29 is 9.59 Å². The fourth-order valence-electron chi connectivity index (χ4n) is 3.23. The van der Waals surface area contributed by atoms with Gasteiger partial charge in [-0.05, 0) is 32.8 Å². The van der Waals surface area contributed by atoms with E-state index in [1.165, 1.54) is 4.68 Å². The molecule has 2 amide bonds. The maximum Gasteiger partial charge on any atom is 0.274 e. The van der Waals surface area contributed by atoms with Crippen molar-refractivity contribution in [2.24, 2.45) is 11.7 Å². The first-order chi connectivity index (χ1) is 11.9. The summed E-state index contributed by atoms with van der Waals surface area (Å²) in [4.78, 5) is 38.6. The minimum atomic E-state index is -0.316. The standard InChI is InChI=1S/C18H22N4O3/c1-11(2)22-17(24)14-6-4-3-5-13(14)15(20-22)18(25)21-9-7-12(8-10-21)16(19)23/h3-6,11-12H,7-10H2,1-2H3,(H2,19,23). The second-order valence-electron chi connectivity index (χ2n) is 6.71. The van der Waals surface area contributed by atoms with E-state index in [9.17, 15) is 14.4 Å². The van der Waals surface area contributed by atoms with Crippen LogP contribution in [0.1, 0.15) is 43.2 Å². The van der Waals surface area contributed by atoms with Crippen molar-refractivity contribution in [3.8, 4) is 0 Å². The SMILES string of the molecule is CC(C)n1nc(C(=O)N2CCC(C(N)=O)CC2)c2ccccc2c1=O. The fraction of sp³-hybridized carbons (Fsp3) is 0.444. The number of aromatic nitrogens is 2. The van der Waals surface area contributed by atoms with Gasteiger partial charge < -0.3 is 10.6 Å². The lowest BCUT2D eigenvalue weighted by molar-refractivity contribution is -0.123. The molecule has 1 aliphatic heterocycles.